The molecular weight excluding hydrogens is 212 g/mol. The fourth-order valence-corrected chi connectivity index (χ4v) is 3.15. The summed E-state index contributed by atoms with van der Waals surface area (Å²) in [6.07, 6.45) is 4.81. The van der Waals surface area contributed by atoms with Crippen molar-refractivity contribution in [3.05, 3.63) is 0 Å². The van der Waals surface area contributed by atoms with E-state index in [0.717, 1.165) is 19.5 Å². The van der Waals surface area contributed by atoms with Crippen molar-refractivity contribution in [1.29, 1.82) is 0 Å². The number of likely N-dealkylation sites (tertiary alicyclic amines) is 1. The molecule has 0 bridgehead atoms. The number of carbonyl (C=O) groups is 1. The number of carbonyl (C=O) groups excluding carboxylic acids is 1. The first-order chi connectivity index (χ1) is 8.09. The highest BCUT2D eigenvalue weighted by molar-refractivity contribution is 5.82. The molecule has 2 fully saturated rings. The molecule has 2 aliphatic rings. The number of hydrogen-bond acceptors (Lipinski definition) is 2. The molecule has 1 N–H and O–H groups in total. The van der Waals surface area contributed by atoms with Crippen LogP contribution in [0.3, 0.4) is 0 Å². The predicted molar refractivity (Wildman–Crippen MR) is 69.8 cm³/mol. The molecule has 3 nitrogen and oxygen atoms in total. The molecule has 2 heterocycles. The summed E-state index contributed by atoms with van der Waals surface area (Å²) >= 11 is 0. The highest BCUT2D eigenvalue weighted by Gasteiger charge is 2.35. The molecule has 0 aromatic rings. The van der Waals surface area contributed by atoms with E-state index in [9.17, 15) is 4.79 Å². The lowest BCUT2D eigenvalue weighted by molar-refractivity contribution is -0.139. The normalized spacial score (nSPS) is 39.1. The molecule has 3 heteroatoms. The SMILES string of the molecule is CC1CCC(C)N(C(=O)C2NCCCC2C)C1. The van der Waals surface area contributed by atoms with Gasteiger partial charge in [-0.3, -0.25) is 4.79 Å². The van der Waals surface area contributed by atoms with Crippen molar-refractivity contribution in [2.75, 3.05) is 13.1 Å². The van der Waals surface area contributed by atoms with Crippen molar-refractivity contribution in [2.45, 2.75) is 58.5 Å². The van der Waals surface area contributed by atoms with Gasteiger partial charge in [-0.1, -0.05) is 13.8 Å². The van der Waals surface area contributed by atoms with Crippen LogP contribution < -0.4 is 5.32 Å². The first-order valence-electron chi connectivity index (χ1n) is 7.13. The number of amides is 1. The summed E-state index contributed by atoms with van der Waals surface area (Å²) in [7, 11) is 0. The van der Waals surface area contributed by atoms with E-state index < -0.39 is 0 Å². The van der Waals surface area contributed by atoms with Crippen LogP contribution in [0.25, 0.3) is 0 Å². The Hall–Kier alpha value is -0.570. The van der Waals surface area contributed by atoms with Crippen LogP contribution in [0.1, 0.15) is 46.5 Å². The smallest absolute Gasteiger partial charge is 0.240 e. The zero-order valence-electron chi connectivity index (χ0n) is 11.4. The molecule has 0 saturated carbocycles. The van der Waals surface area contributed by atoms with E-state index in [0.29, 0.717) is 23.8 Å². The van der Waals surface area contributed by atoms with Crippen molar-refractivity contribution in [1.82, 2.24) is 10.2 Å². The van der Waals surface area contributed by atoms with Gasteiger partial charge in [0.2, 0.25) is 5.91 Å². The van der Waals surface area contributed by atoms with Gasteiger partial charge in [-0.05, 0) is 51.0 Å². The van der Waals surface area contributed by atoms with Crippen LogP contribution in [-0.4, -0.2) is 36.0 Å². The summed E-state index contributed by atoms with van der Waals surface area (Å²) < 4.78 is 0. The third kappa shape index (κ3) is 2.82. The maximum Gasteiger partial charge on any atom is 0.240 e. The lowest BCUT2D eigenvalue weighted by Crippen LogP contribution is -2.56. The molecule has 98 valence electrons. The quantitative estimate of drug-likeness (QED) is 0.758. The summed E-state index contributed by atoms with van der Waals surface area (Å²) in [6, 6.07) is 0.492. The van der Waals surface area contributed by atoms with E-state index in [2.05, 4.69) is 31.0 Å². The molecule has 0 spiro atoms. The molecule has 2 rings (SSSR count). The Morgan fingerprint density at radius 3 is 2.65 bits per heavy atom. The van der Waals surface area contributed by atoms with E-state index in [1.165, 1.54) is 19.3 Å². The fourth-order valence-electron chi connectivity index (χ4n) is 3.15. The van der Waals surface area contributed by atoms with Crippen LogP contribution in [0.5, 0.6) is 0 Å². The molecule has 0 aliphatic carbocycles. The molecule has 2 aliphatic heterocycles. The van der Waals surface area contributed by atoms with Gasteiger partial charge in [0, 0.05) is 12.6 Å². The highest BCUT2D eigenvalue weighted by Crippen LogP contribution is 2.25. The summed E-state index contributed by atoms with van der Waals surface area (Å²) in [5.41, 5.74) is 0. The van der Waals surface area contributed by atoms with Crippen molar-refractivity contribution in [3.8, 4) is 0 Å². The minimum atomic E-state index is 0.0662. The van der Waals surface area contributed by atoms with Gasteiger partial charge in [0.15, 0.2) is 0 Å². The molecule has 0 radical (unpaired) electrons. The van der Waals surface area contributed by atoms with E-state index >= 15 is 0 Å². The first-order valence-corrected chi connectivity index (χ1v) is 7.13. The molecule has 17 heavy (non-hydrogen) atoms. The monoisotopic (exact) mass is 238 g/mol. The third-order valence-electron chi connectivity index (χ3n) is 4.44. The van der Waals surface area contributed by atoms with Gasteiger partial charge >= 0.3 is 0 Å². The number of piperidine rings is 2. The minimum Gasteiger partial charge on any atom is -0.338 e. The maximum atomic E-state index is 12.6. The summed E-state index contributed by atoms with van der Waals surface area (Å²) in [6.45, 7) is 8.59. The second kappa shape index (κ2) is 5.38. The van der Waals surface area contributed by atoms with Gasteiger partial charge in [-0.15, -0.1) is 0 Å². The van der Waals surface area contributed by atoms with Crippen molar-refractivity contribution in [2.24, 2.45) is 11.8 Å². The van der Waals surface area contributed by atoms with E-state index in [-0.39, 0.29) is 6.04 Å². The standard InChI is InChI=1S/C14H26N2O/c1-10-6-7-12(3)16(9-10)14(17)13-11(2)5-4-8-15-13/h10-13,15H,4-9H2,1-3H3. The molecule has 0 aromatic heterocycles. The number of rotatable bonds is 1. The second-order valence-corrected chi connectivity index (χ2v) is 6.07. The van der Waals surface area contributed by atoms with Crippen LogP contribution in [0.2, 0.25) is 0 Å². The molecule has 4 atom stereocenters. The third-order valence-corrected chi connectivity index (χ3v) is 4.44. The fraction of sp³-hybridized carbons (Fsp3) is 0.929. The Kier molecular flexibility index (Phi) is 4.08. The molecule has 4 unspecified atom stereocenters. The number of hydrogen-bond donors (Lipinski definition) is 1. The van der Waals surface area contributed by atoms with Crippen molar-refractivity contribution < 1.29 is 4.79 Å². The average Bonchev–Trinajstić information content (AvgIpc) is 2.32. The highest BCUT2D eigenvalue weighted by atomic mass is 16.2. The Bertz CT molecular complexity index is 279. The summed E-state index contributed by atoms with van der Waals surface area (Å²) in [4.78, 5) is 14.7. The summed E-state index contributed by atoms with van der Waals surface area (Å²) in [5, 5.41) is 3.41. The van der Waals surface area contributed by atoms with Gasteiger partial charge in [0.05, 0.1) is 6.04 Å². The van der Waals surface area contributed by atoms with E-state index in [1.54, 1.807) is 0 Å². The van der Waals surface area contributed by atoms with Crippen LogP contribution >= 0.6 is 0 Å². The zero-order chi connectivity index (χ0) is 12.4. The first kappa shape index (κ1) is 12.9. The van der Waals surface area contributed by atoms with Crippen LogP contribution in [0.15, 0.2) is 0 Å². The van der Waals surface area contributed by atoms with Crippen molar-refractivity contribution in [3.63, 3.8) is 0 Å². The summed E-state index contributed by atoms with van der Waals surface area (Å²) in [5.74, 6) is 1.49. The average molecular weight is 238 g/mol. The molecule has 1 amide bonds. The predicted octanol–water partition coefficient (Wildman–Crippen LogP) is 2.02. The lowest BCUT2D eigenvalue weighted by atomic mass is 9.89. The van der Waals surface area contributed by atoms with E-state index in [1.807, 2.05) is 0 Å². The Morgan fingerprint density at radius 2 is 1.94 bits per heavy atom. The molecular formula is C14H26N2O. The Labute approximate surface area is 105 Å². The minimum absolute atomic E-state index is 0.0662. The van der Waals surface area contributed by atoms with Gasteiger partial charge < -0.3 is 10.2 Å². The Morgan fingerprint density at radius 1 is 1.18 bits per heavy atom. The molecule has 2 saturated heterocycles. The lowest BCUT2D eigenvalue weighted by Gasteiger charge is -2.41. The van der Waals surface area contributed by atoms with Crippen molar-refractivity contribution >= 4 is 5.91 Å². The topological polar surface area (TPSA) is 32.3 Å². The van der Waals surface area contributed by atoms with Gasteiger partial charge in [-0.25, -0.2) is 0 Å². The van der Waals surface area contributed by atoms with Gasteiger partial charge in [0.25, 0.3) is 0 Å². The second-order valence-electron chi connectivity index (χ2n) is 6.07. The number of nitrogens with zero attached hydrogens (tertiary/aromatic N) is 1. The zero-order valence-corrected chi connectivity index (χ0v) is 11.4. The van der Waals surface area contributed by atoms with E-state index in [4.69, 9.17) is 0 Å². The largest absolute Gasteiger partial charge is 0.338 e. The molecule has 0 aromatic carbocycles. The van der Waals surface area contributed by atoms with Gasteiger partial charge in [-0.2, -0.15) is 0 Å². The number of nitrogens with one attached hydrogen (secondary N) is 1. The van der Waals surface area contributed by atoms with Crippen LogP contribution in [0.4, 0.5) is 0 Å². The van der Waals surface area contributed by atoms with Crippen LogP contribution in [0, 0.1) is 11.8 Å². The Balaban J connectivity index is 2.02. The van der Waals surface area contributed by atoms with Crippen LogP contribution in [-0.2, 0) is 4.79 Å². The van der Waals surface area contributed by atoms with Gasteiger partial charge in [0.1, 0.15) is 0 Å². The maximum absolute atomic E-state index is 12.6.